The molecule has 0 aliphatic carbocycles. The van der Waals surface area contributed by atoms with Crippen LogP contribution in [0.3, 0.4) is 0 Å². The molecular weight excluding hydrogens is 326 g/mol. The molecule has 0 radical (unpaired) electrons. The number of hydroxylamine groups is 1. The lowest BCUT2D eigenvalue weighted by molar-refractivity contribution is 0.222. The number of aryl methyl sites for hydroxylation is 2. The lowest BCUT2D eigenvalue weighted by atomic mass is 10.1. The van der Waals surface area contributed by atoms with Crippen molar-refractivity contribution in [3.8, 4) is 11.5 Å². The van der Waals surface area contributed by atoms with E-state index in [0.717, 1.165) is 28.6 Å². The van der Waals surface area contributed by atoms with Gasteiger partial charge in [0.1, 0.15) is 23.8 Å². The summed E-state index contributed by atoms with van der Waals surface area (Å²) in [4.78, 5) is 11.8. The number of carbonyl (C=O) groups excluding carboxylic acids is 1. The molecule has 0 unspecified atom stereocenters. The Morgan fingerprint density at radius 3 is 2.58 bits per heavy atom. The largest absolute Gasteiger partial charge is 0.494 e. The second-order valence-electron chi connectivity index (χ2n) is 5.31. The van der Waals surface area contributed by atoms with Crippen molar-refractivity contribution in [2.45, 2.75) is 20.5 Å². The van der Waals surface area contributed by atoms with E-state index in [-0.39, 0.29) is 6.61 Å². The minimum atomic E-state index is -0.493. The van der Waals surface area contributed by atoms with E-state index in [9.17, 15) is 10.0 Å². The van der Waals surface area contributed by atoms with Gasteiger partial charge >= 0.3 is 5.24 Å². The van der Waals surface area contributed by atoms with Crippen molar-refractivity contribution in [1.82, 2.24) is 0 Å². The van der Waals surface area contributed by atoms with Crippen LogP contribution < -0.4 is 14.5 Å². The van der Waals surface area contributed by atoms with Crippen molar-refractivity contribution in [2.75, 3.05) is 18.4 Å². The van der Waals surface area contributed by atoms with Crippen molar-refractivity contribution < 1.29 is 19.5 Å². The average molecular weight is 347 g/mol. The van der Waals surface area contributed by atoms with Gasteiger partial charge in [0.25, 0.3) is 0 Å². The van der Waals surface area contributed by atoms with Crippen LogP contribution >= 0.6 is 11.8 Å². The molecule has 0 heterocycles. The van der Waals surface area contributed by atoms with E-state index in [1.165, 1.54) is 7.11 Å². The molecule has 0 saturated heterocycles. The van der Waals surface area contributed by atoms with E-state index < -0.39 is 5.24 Å². The molecule has 5 nitrogen and oxygen atoms in total. The summed E-state index contributed by atoms with van der Waals surface area (Å²) in [5, 5.41) is 10.3. The van der Waals surface area contributed by atoms with Gasteiger partial charge in [-0.05, 0) is 37.8 Å². The molecule has 0 aliphatic rings. The third kappa shape index (κ3) is 4.01. The number of ether oxygens (including phenoxy) is 2. The summed E-state index contributed by atoms with van der Waals surface area (Å²) in [6.07, 6.45) is 1.60. The number of rotatable bonds is 5. The summed E-state index contributed by atoms with van der Waals surface area (Å²) < 4.78 is 11.1. The first-order valence-electron chi connectivity index (χ1n) is 7.40. The molecule has 0 saturated carbocycles. The number of thioether (sulfide) groups is 1. The van der Waals surface area contributed by atoms with Gasteiger partial charge in [0.05, 0.1) is 7.11 Å². The number of hydrogen-bond donors (Lipinski definition) is 1. The van der Waals surface area contributed by atoms with Gasteiger partial charge in [-0.3, -0.25) is 10.0 Å². The Hall–Kier alpha value is -2.18. The SMILES string of the molecule is COc1cccc(COc2ccc(C)cc2C)c1N(O)C(=O)SC. The number of hydrogen-bond acceptors (Lipinski definition) is 5. The number of amides is 1. The van der Waals surface area contributed by atoms with Crippen LogP contribution in [0.4, 0.5) is 10.5 Å². The zero-order chi connectivity index (χ0) is 17.7. The van der Waals surface area contributed by atoms with E-state index in [0.29, 0.717) is 22.1 Å². The van der Waals surface area contributed by atoms with Crippen LogP contribution in [0.1, 0.15) is 16.7 Å². The van der Waals surface area contributed by atoms with Crippen LogP contribution in [-0.2, 0) is 6.61 Å². The topological polar surface area (TPSA) is 59.0 Å². The molecule has 2 aromatic carbocycles. The number of carbonyl (C=O) groups is 1. The van der Waals surface area contributed by atoms with Crippen LogP contribution in [0.2, 0.25) is 0 Å². The molecule has 0 atom stereocenters. The van der Waals surface area contributed by atoms with Gasteiger partial charge in [0.2, 0.25) is 0 Å². The summed E-state index contributed by atoms with van der Waals surface area (Å²) >= 11 is 0.915. The van der Waals surface area contributed by atoms with Crippen LogP contribution in [0.25, 0.3) is 0 Å². The summed E-state index contributed by atoms with van der Waals surface area (Å²) in [6, 6.07) is 11.2. The maximum atomic E-state index is 11.8. The predicted octanol–water partition coefficient (Wildman–Crippen LogP) is 4.57. The molecule has 24 heavy (non-hydrogen) atoms. The summed E-state index contributed by atoms with van der Waals surface area (Å²) in [7, 11) is 1.49. The third-order valence-corrected chi connectivity index (χ3v) is 4.10. The summed E-state index contributed by atoms with van der Waals surface area (Å²) in [5.74, 6) is 1.16. The predicted molar refractivity (Wildman–Crippen MR) is 96.4 cm³/mol. The Morgan fingerprint density at radius 2 is 1.96 bits per heavy atom. The molecule has 0 aliphatic heterocycles. The molecule has 6 heteroatoms. The first kappa shape index (κ1) is 18.2. The Morgan fingerprint density at radius 1 is 1.21 bits per heavy atom. The van der Waals surface area contributed by atoms with E-state index in [4.69, 9.17) is 9.47 Å². The van der Waals surface area contributed by atoms with Gasteiger partial charge in [0.15, 0.2) is 0 Å². The molecule has 1 amide bonds. The van der Waals surface area contributed by atoms with Gasteiger partial charge in [-0.15, -0.1) is 0 Å². The lowest BCUT2D eigenvalue weighted by Gasteiger charge is -2.20. The zero-order valence-corrected chi connectivity index (χ0v) is 15.0. The highest BCUT2D eigenvalue weighted by molar-refractivity contribution is 8.13. The summed E-state index contributed by atoms with van der Waals surface area (Å²) in [5.41, 5.74) is 3.14. The highest BCUT2D eigenvalue weighted by Crippen LogP contribution is 2.33. The molecular formula is C18H21NO4S. The number of benzene rings is 2. The highest BCUT2D eigenvalue weighted by atomic mass is 32.2. The maximum absolute atomic E-state index is 11.8. The van der Waals surface area contributed by atoms with Crippen molar-refractivity contribution in [3.63, 3.8) is 0 Å². The zero-order valence-electron chi connectivity index (χ0n) is 14.2. The van der Waals surface area contributed by atoms with E-state index in [1.54, 1.807) is 24.5 Å². The molecule has 0 spiro atoms. The van der Waals surface area contributed by atoms with E-state index in [1.807, 2.05) is 32.0 Å². The van der Waals surface area contributed by atoms with E-state index >= 15 is 0 Å². The molecule has 0 aromatic heterocycles. The van der Waals surface area contributed by atoms with Crippen LogP contribution in [0.5, 0.6) is 11.5 Å². The molecule has 0 fully saturated rings. The van der Waals surface area contributed by atoms with Gasteiger partial charge in [-0.25, -0.2) is 0 Å². The smallest absolute Gasteiger partial charge is 0.309 e. The van der Waals surface area contributed by atoms with Crippen molar-refractivity contribution in [2.24, 2.45) is 0 Å². The lowest BCUT2D eigenvalue weighted by Crippen LogP contribution is -2.24. The second-order valence-corrected chi connectivity index (χ2v) is 6.06. The second kappa shape index (κ2) is 8.08. The van der Waals surface area contributed by atoms with Crippen molar-refractivity contribution in [3.05, 3.63) is 53.1 Å². The van der Waals surface area contributed by atoms with Gasteiger partial charge < -0.3 is 9.47 Å². The fourth-order valence-electron chi connectivity index (χ4n) is 2.38. The molecule has 2 aromatic rings. The molecule has 1 N–H and O–H groups in total. The van der Waals surface area contributed by atoms with Crippen LogP contribution in [-0.4, -0.2) is 23.8 Å². The Kier molecular flexibility index (Phi) is 6.11. The molecule has 128 valence electrons. The first-order valence-corrected chi connectivity index (χ1v) is 8.63. The monoisotopic (exact) mass is 347 g/mol. The number of nitrogens with zero attached hydrogens (tertiary/aromatic N) is 1. The fourth-order valence-corrected chi connectivity index (χ4v) is 2.65. The quantitative estimate of drug-likeness (QED) is 0.634. The van der Waals surface area contributed by atoms with Crippen molar-refractivity contribution in [1.29, 1.82) is 0 Å². The molecule has 0 bridgehead atoms. The number of para-hydroxylation sites is 1. The van der Waals surface area contributed by atoms with Gasteiger partial charge in [0, 0.05) is 5.56 Å². The molecule has 2 rings (SSSR count). The van der Waals surface area contributed by atoms with Crippen LogP contribution in [0, 0.1) is 13.8 Å². The maximum Gasteiger partial charge on any atom is 0.309 e. The Bertz CT molecular complexity index is 733. The summed E-state index contributed by atoms with van der Waals surface area (Å²) in [6.45, 7) is 4.20. The number of methoxy groups -OCH3 is 1. The standard InChI is InChI=1S/C18H21NO4S/c1-12-8-9-15(13(2)10-12)23-11-14-6-5-7-16(22-3)17(14)19(21)18(20)24-4/h5-10,21H,11H2,1-4H3. The Balaban J connectivity index is 2.31. The van der Waals surface area contributed by atoms with E-state index in [2.05, 4.69) is 0 Å². The Labute approximate surface area is 146 Å². The van der Waals surface area contributed by atoms with Gasteiger partial charge in [-0.1, -0.05) is 41.6 Å². The van der Waals surface area contributed by atoms with Crippen LogP contribution in [0.15, 0.2) is 36.4 Å². The minimum absolute atomic E-state index is 0.204. The minimum Gasteiger partial charge on any atom is -0.494 e. The first-order chi connectivity index (χ1) is 11.5. The fraction of sp³-hybridized carbons (Fsp3) is 0.278. The van der Waals surface area contributed by atoms with Gasteiger partial charge in [-0.2, -0.15) is 5.06 Å². The highest BCUT2D eigenvalue weighted by Gasteiger charge is 2.21. The third-order valence-electron chi connectivity index (χ3n) is 3.58. The number of anilines is 1. The van der Waals surface area contributed by atoms with Crippen molar-refractivity contribution >= 4 is 22.7 Å². The normalized spacial score (nSPS) is 10.4. The average Bonchev–Trinajstić information content (AvgIpc) is 2.59.